The summed E-state index contributed by atoms with van der Waals surface area (Å²) in [6, 6.07) is 0. The van der Waals surface area contributed by atoms with E-state index in [-0.39, 0.29) is 18.1 Å². The molecule has 14 heavy (non-hydrogen) atoms. The standard InChI is InChI=1S/C11H20O3/c1-8(2)5-6-14-11(13)7-10(12)9(3)4/h8-9H,5-7H2,1-4H3. The molecule has 0 rings (SSSR count). The summed E-state index contributed by atoms with van der Waals surface area (Å²) in [7, 11) is 0. The fourth-order valence-corrected chi connectivity index (χ4v) is 0.806. The van der Waals surface area contributed by atoms with E-state index in [1.54, 1.807) is 13.8 Å². The molecule has 0 unspecified atom stereocenters. The first-order valence-corrected chi connectivity index (χ1v) is 5.11. The van der Waals surface area contributed by atoms with Gasteiger partial charge in [-0.05, 0) is 12.3 Å². The molecule has 0 aromatic heterocycles. The maximum absolute atomic E-state index is 11.1. The van der Waals surface area contributed by atoms with E-state index in [0.29, 0.717) is 12.5 Å². The highest BCUT2D eigenvalue weighted by molar-refractivity contribution is 5.96. The number of ether oxygens (including phenoxy) is 1. The van der Waals surface area contributed by atoms with E-state index in [4.69, 9.17) is 4.74 Å². The van der Waals surface area contributed by atoms with Crippen LogP contribution in [-0.2, 0) is 14.3 Å². The van der Waals surface area contributed by atoms with Crippen LogP contribution < -0.4 is 0 Å². The second-order valence-electron chi connectivity index (χ2n) is 4.20. The lowest BCUT2D eigenvalue weighted by Crippen LogP contribution is -2.16. The molecule has 0 amide bonds. The predicted octanol–water partition coefficient (Wildman–Crippen LogP) is 2.19. The van der Waals surface area contributed by atoms with Crippen molar-refractivity contribution in [2.45, 2.75) is 40.5 Å². The molecule has 0 aromatic rings. The lowest BCUT2D eigenvalue weighted by molar-refractivity contribution is -0.146. The van der Waals surface area contributed by atoms with Crippen molar-refractivity contribution < 1.29 is 14.3 Å². The normalized spacial score (nSPS) is 10.7. The number of carbonyl (C=O) groups excluding carboxylic acids is 2. The van der Waals surface area contributed by atoms with Gasteiger partial charge in [-0.3, -0.25) is 9.59 Å². The van der Waals surface area contributed by atoms with Crippen LogP contribution in [0.2, 0.25) is 0 Å². The first kappa shape index (κ1) is 13.1. The fraction of sp³-hybridized carbons (Fsp3) is 0.818. The molecule has 82 valence electrons. The molecule has 0 radical (unpaired) electrons. The zero-order valence-electron chi connectivity index (χ0n) is 9.50. The van der Waals surface area contributed by atoms with Gasteiger partial charge >= 0.3 is 5.97 Å². The fourth-order valence-electron chi connectivity index (χ4n) is 0.806. The van der Waals surface area contributed by atoms with Crippen LogP contribution in [0.25, 0.3) is 0 Å². The van der Waals surface area contributed by atoms with E-state index in [1.807, 2.05) is 0 Å². The topological polar surface area (TPSA) is 43.4 Å². The highest BCUT2D eigenvalue weighted by Gasteiger charge is 2.13. The minimum atomic E-state index is -0.399. The molecule has 3 nitrogen and oxygen atoms in total. The lowest BCUT2D eigenvalue weighted by Gasteiger charge is -2.07. The summed E-state index contributed by atoms with van der Waals surface area (Å²) >= 11 is 0. The van der Waals surface area contributed by atoms with Crippen LogP contribution in [0.3, 0.4) is 0 Å². The Morgan fingerprint density at radius 3 is 2.14 bits per heavy atom. The number of hydrogen-bond acceptors (Lipinski definition) is 3. The molecular weight excluding hydrogens is 180 g/mol. The van der Waals surface area contributed by atoms with Gasteiger partial charge in [-0.2, -0.15) is 0 Å². The average Bonchev–Trinajstić information content (AvgIpc) is 2.02. The molecule has 0 N–H and O–H groups in total. The van der Waals surface area contributed by atoms with Gasteiger partial charge in [0.25, 0.3) is 0 Å². The summed E-state index contributed by atoms with van der Waals surface area (Å²) < 4.78 is 4.91. The zero-order chi connectivity index (χ0) is 11.1. The smallest absolute Gasteiger partial charge is 0.313 e. The zero-order valence-corrected chi connectivity index (χ0v) is 9.50. The Hall–Kier alpha value is -0.860. The number of hydrogen-bond donors (Lipinski definition) is 0. The predicted molar refractivity (Wildman–Crippen MR) is 54.9 cm³/mol. The number of esters is 1. The van der Waals surface area contributed by atoms with Gasteiger partial charge in [0, 0.05) is 5.92 Å². The molecule has 0 aliphatic carbocycles. The van der Waals surface area contributed by atoms with Gasteiger partial charge in [0.15, 0.2) is 0 Å². The van der Waals surface area contributed by atoms with Crippen molar-refractivity contribution in [3.8, 4) is 0 Å². The Balaban J connectivity index is 3.61. The minimum absolute atomic E-state index is 0.0560. The van der Waals surface area contributed by atoms with Crippen molar-refractivity contribution in [1.82, 2.24) is 0 Å². The number of rotatable bonds is 6. The summed E-state index contributed by atoms with van der Waals surface area (Å²) in [5.41, 5.74) is 0. The first-order valence-electron chi connectivity index (χ1n) is 5.11. The SMILES string of the molecule is CC(C)CCOC(=O)CC(=O)C(C)C. The molecule has 0 saturated carbocycles. The maximum Gasteiger partial charge on any atom is 0.313 e. The summed E-state index contributed by atoms with van der Waals surface area (Å²) in [6.45, 7) is 8.11. The third-order valence-corrected chi connectivity index (χ3v) is 1.92. The minimum Gasteiger partial charge on any atom is -0.465 e. The molecule has 3 heteroatoms. The van der Waals surface area contributed by atoms with Crippen molar-refractivity contribution in [1.29, 1.82) is 0 Å². The van der Waals surface area contributed by atoms with Gasteiger partial charge in [0.1, 0.15) is 12.2 Å². The lowest BCUT2D eigenvalue weighted by atomic mass is 10.1. The van der Waals surface area contributed by atoms with Gasteiger partial charge in [-0.25, -0.2) is 0 Å². The van der Waals surface area contributed by atoms with Gasteiger partial charge in [-0.1, -0.05) is 27.7 Å². The largest absolute Gasteiger partial charge is 0.465 e. The maximum atomic E-state index is 11.1. The third kappa shape index (κ3) is 6.63. The van der Waals surface area contributed by atoms with Crippen LogP contribution in [-0.4, -0.2) is 18.4 Å². The van der Waals surface area contributed by atoms with Crippen LogP contribution >= 0.6 is 0 Å². The Labute approximate surface area is 85.8 Å². The molecule has 0 saturated heterocycles. The van der Waals surface area contributed by atoms with Crippen LogP contribution in [0.4, 0.5) is 0 Å². The molecule has 0 atom stereocenters. The van der Waals surface area contributed by atoms with E-state index in [9.17, 15) is 9.59 Å². The van der Waals surface area contributed by atoms with Crippen molar-refractivity contribution in [3.05, 3.63) is 0 Å². The van der Waals surface area contributed by atoms with Gasteiger partial charge < -0.3 is 4.74 Å². The highest BCUT2D eigenvalue weighted by Crippen LogP contribution is 2.03. The van der Waals surface area contributed by atoms with Crippen molar-refractivity contribution in [3.63, 3.8) is 0 Å². The van der Waals surface area contributed by atoms with E-state index in [0.717, 1.165) is 6.42 Å². The Bertz CT molecular complexity index is 195. The van der Waals surface area contributed by atoms with E-state index >= 15 is 0 Å². The van der Waals surface area contributed by atoms with Gasteiger partial charge in [-0.15, -0.1) is 0 Å². The van der Waals surface area contributed by atoms with E-state index < -0.39 is 5.97 Å². The van der Waals surface area contributed by atoms with Gasteiger partial charge in [0.2, 0.25) is 0 Å². The summed E-state index contributed by atoms with van der Waals surface area (Å²) in [5.74, 6) is -0.0276. The third-order valence-electron chi connectivity index (χ3n) is 1.92. The van der Waals surface area contributed by atoms with Crippen molar-refractivity contribution >= 4 is 11.8 Å². The first-order chi connectivity index (χ1) is 6.43. The molecule has 0 aromatic carbocycles. The molecule has 0 heterocycles. The monoisotopic (exact) mass is 200 g/mol. The molecule has 0 bridgehead atoms. The molecule has 0 aliphatic heterocycles. The molecule has 0 aliphatic rings. The molecule has 0 spiro atoms. The Morgan fingerprint density at radius 2 is 1.71 bits per heavy atom. The summed E-state index contributed by atoms with van der Waals surface area (Å²) in [6.07, 6.45) is 0.761. The van der Waals surface area contributed by atoms with Crippen LogP contribution in [0.5, 0.6) is 0 Å². The number of ketones is 1. The molecular formula is C11H20O3. The van der Waals surface area contributed by atoms with Crippen molar-refractivity contribution in [2.24, 2.45) is 11.8 Å². The second kappa shape index (κ2) is 6.57. The Kier molecular flexibility index (Phi) is 6.17. The summed E-state index contributed by atoms with van der Waals surface area (Å²) in [4.78, 5) is 22.2. The Morgan fingerprint density at radius 1 is 1.14 bits per heavy atom. The van der Waals surface area contributed by atoms with Crippen LogP contribution in [0.15, 0.2) is 0 Å². The van der Waals surface area contributed by atoms with E-state index in [2.05, 4.69) is 13.8 Å². The number of carbonyl (C=O) groups is 2. The van der Waals surface area contributed by atoms with E-state index in [1.165, 1.54) is 0 Å². The summed E-state index contributed by atoms with van der Waals surface area (Å²) in [5, 5.41) is 0. The molecule has 0 fully saturated rings. The quantitative estimate of drug-likeness (QED) is 0.487. The van der Waals surface area contributed by atoms with Crippen molar-refractivity contribution in [2.75, 3.05) is 6.61 Å². The highest BCUT2D eigenvalue weighted by atomic mass is 16.5. The van der Waals surface area contributed by atoms with Gasteiger partial charge in [0.05, 0.1) is 6.61 Å². The second-order valence-corrected chi connectivity index (χ2v) is 4.20. The average molecular weight is 200 g/mol. The number of Topliss-reactive ketones (excluding diaryl/α,β-unsaturated/α-hetero) is 1. The van der Waals surface area contributed by atoms with Crippen LogP contribution in [0.1, 0.15) is 40.5 Å². The van der Waals surface area contributed by atoms with Crippen LogP contribution in [0, 0.1) is 11.8 Å².